The number of carbonyl (C=O) groups excluding carboxylic acids is 1. The maximum absolute atomic E-state index is 11.6. The van der Waals surface area contributed by atoms with Crippen molar-refractivity contribution in [3.8, 4) is 0 Å². The number of benzene rings is 1. The minimum Gasteiger partial charge on any atom is -0.325 e. The van der Waals surface area contributed by atoms with Crippen molar-refractivity contribution in [2.45, 2.75) is 18.9 Å². The molecule has 2 rings (SSSR count). The van der Waals surface area contributed by atoms with Crippen LogP contribution in [0, 0.1) is 0 Å². The highest BCUT2D eigenvalue weighted by atomic mass is 16.2. The Labute approximate surface area is 86.7 Å². The number of aryl methyl sites for hydroxylation is 1. The zero-order valence-electron chi connectivity index (χ0n) is 8.05. The van der Waals surface area contributed by atoms with E-state index in [2.05, 4.69) is 15.3 Å². The first-order valence-corrected chi connectivity index (χ1v) is 4.74. The van der Waals surface area contributed by atoms with Crippen molar-refractivity contribution in [2.75, 3.05) is 5.32 Å². The fourth-order valence-corrected chi connectivity index (χ4v) is 1.67. The number of nitrogens with zero attached hydrogens (tertiary/aromatic N) is 3. The number of carbonyl (C=O) groups is 1. The van der Waals surface area contributed by atoms with E-state index in [0.717, 1.165) is 17.7 Å². The van der Waals surface area contributed by atoms with Gasteiger partial charge in [0.2, 0.25) is 5.91 Å². The topological polar surface area (TPSA) is 77.9 Å². The first-order valence-electron chi connectivity index (χ1n) is 4.74. The minimum absolute atomic E-state index is 0.224. The molecule has 5 heteroatoms. The summed E-state index contributed by atoms with van der Waals surface area (Å²) in [5.74, 6) is -0.224. The van der Waals surface area contributed by atoms with Gasteiger partial charge in [-0.15, -0.1) is 0 Å². The zero-order chi connectivity index (χ0) is 10.7. The van der Waals surface area contributed by atoms with E-state index in [9.17, 15) is 4.79 Å². The maximum Gasteiger partial charge on any atom is 0.233 e. The van der Waals surface area contributed by atoms with Gasteiger partial charge in [0.1, 0.15) is 6.04 Å². The molecule has 1 aromatic carbocycles. The Kier molecular flexibility index (Phi) is 2.56. The molecule has 0 spiro atoms. The van der Waals surface area contributed by atoms with E-state index < -0.39 is 6.04 Å². The molecule has 1 unspecified atom stereocenters. The number of rotatable bonds is 1. The number of azide groups is 1. The highest BCUT2D eigenvalue weighted by Gasteiger charge is 2.21. The zero-order valence-corrected chi connectivity index (χ0v) is 8.05. The monoisotopic (exact) mass is 202 g/mol. The Hall–Kier alpha value is -2.00. The van der Waals surface area contributed by atoms with Crippen molar-refractivity contribution in [1.29, 1.82) is 0 Å². The van der Waals surface area contributed by atoms with Crippen LogP contribution in [0.15, 0.2) is 29.4 Å². The molecule has 0 fully saturated rings. The van der Waals surface area contributed by atoms with Crippen molar-refractivity contribution >= 4 is 11.6 Å². The average Bonchev–Trinajstić information content (AvgIpc) is 2.40. The quantitative estimate of drug-likeness (QED) is 0.423. The summed E-state index contributed by atoms with van der Waals surface area (Å²) >= 11 is 0. The Morgan fingerprint density at radius 2 is 2.27 bits per heavy atom. The SMILES string of the molecule is [N-]=[N+]=NC1CCc2ccccc2NC1=O. The van der Waals surface area contributed by atoms with E-state index >= 15 is 0 Å². The Balaban J connectivity index is 2.30. The van der Waals surface area contributed by atoms with Crippen LogP contribution in [0.2, 0.25) is 0 Å². The van der Waals surface area contributed by atoms with E-state index in [4.69, 9.17) is 5.53 Å². The number of para-hydroxylation sites is 1. The predicted molar refractivity (Wildman–Crippen MR) is 56.3 cm³/mol. The number of fused-ring (bicyclic) bond motifs is 1. The summed E-state index contributed by atoms with van der Waals surface area (Å²) in [4.78, 5) is 14.3. The second-order valence-electron chi connectivity index (χ2n) is 3.41. The lowest BCUT2D eigenvalue weighted by Crippen LogP contribution is -2.24. The molecule has 1 aromatic rings. The van der Waals surface area contributed by atoms with E-state index in [1.54, 1.807) is 0 Å². The molecule has 0 aliphatic carbocycles. The average molecular weight is 202 g/mol. The summed E-state index contributed by atoms with van der Waals surface area (Å²) in [5, 5.41) is 6.23. The summed E-state index contributed by atoms with van der Waals surface area (Å²) in [5.41, 5.74) is 10.2. The van der Waals surface area contributed by atoms with Gasteiger partial charge < -0.3 is 5.32 Å². The molecule has 0 radical (unpaired) electrons. The largest absolute Gasteiger partial charge is 0.325 e. The summed E-state index contributed by atoms with van der Waals surface area (Å²) < 4.78 is 0. The molecule has 0 aromatic heterocycles. The van der Waals surface area contributed by atoms with Crippen LogP contribution >= 0.6 is 0 Å². The Morgan fingerprint density at radius 1 is 1.47 bits per heavy atom. The second kappa shape index (κ2) is 4.02. The molecule has 76 valence electrons. The molecule has 0 saturated heterocycles. The molecule has 1 amide bonds. The molecular weight excluding hydrogens is 192 g/mol. The van der Waals surface area contributed by atoms with Gasteiger partial charge in [0, 0.05) is 10.6 Å². The maximum atomic E-state index is 11.6. The Bertz CT molecular complexity index is 437. The number of hydrogen-bond donors (Lipinski definition) is 1. The predicted octanol–water partition coefficient (Wildman–Crippen LogP) is 2.25. The second-order valence-corrected chi connectivity index (χ2v) is 3.41. The molecule has 1 heterocycles. The number of nitrogens with one attached hydrogen (secondary N) is 1. The van der Waals surface area contributed by atoms with Crippen LogP contribution in [-0.4, -0.2) is 11.9 Å². The molecular formula is C10H10N4O. The first kappa shape index (κ1) is 9.55. The minimum atomic E-state index is -0.595. The van der Waals surface area contributed by atoms with Gasteiger partial charge in [-0.3, -0.25) is 4.79 Å². The molecule has 15 heavy (non-hydrogen) atoms. The smallest absolute Gasteiger partial charge is 0.233 e. The van der Waals surface area contributed by atoms with Gasteiger partial charge in [0.05, 0.1) is 0 Å². The van der Waals surface area contributed by atoms with E-state index in [0.29, 0.717) is 6.42 Å². The van der Waals surface area contributed by atoms with Crippen molar-refractivity contribution in [3.63, 3.8) is 0 Å². The van der Waals surface area contributed by atoms with Gasteiger partial charge in [0.25, 0.3) is 0 Å². The van der Waals surface area contributed by atoms with Crippen molar-refractivity contribution < 1.29 is 4.79 Å². The Morgan fingerprint density at radius 3 is 3.07 bits per heavy atom. The van der Waals surface area contributed by atoms with Crippen LogP contribution in [0.25, 0.3) is 10.4 Å². The first-order chi connectivity index (χ1) is 7.31. The van der Waals surface area contributed by atoms with Crippen molar-refractivity contribution in [2.24, 2.45) is 5.11 Å². The van der Waals surface area contributed by atoms with Crippen LogP contribution in [0.4, 0.5) is 5.69 Å². The van der Waals surface area contributed by atoms with E-state index in [1.807, 2.05) is 24.3 Å². The van der Waals surface area contributed by atoms with Crippen molar-refractivity contribution in [1.82, 2.24) is 0 Å². The molecule has 5 nitrogen and oxygen atoms in total. The lowest BCUT2D eigenvalue weighted by molar-refractivity contribution is -0.117. The standard InChI is InChI=1S/C10H10N4O/c11-14-13-9-6-5-7-3-1-2-4-8(7)12-10(9)15/h1-4,9H,5-6H2,(H,12,15). The highest BCUT2D eigenvalue weighted by Crippen LogP contribution is 2.22. The summed E-state index contributed by atoms with van der Waals surface area (Å²) in [7, 11) is 0. The lowest BCUT2D eigenvalue weighted by atomic mass is 10.1. The number of anilines is 1. The normalized spacial score (nSPS) is 19.5. The third-order valence-corrected chi connectivity index (χ3v) is 2.46. The van der Waals surface area contributed by atoms with E-state index in [1.165, 1.54) is 0 Å². The summed E-state index contributed by atoms with van der Waals surface area (Å²) in [6.07, 6.45) is 1.31. The number of hydrogen-bond acceptors (Lipinski definition) is 2. The molecule has 1 N–H and O–H groups in total. The van der Waals surface area contributed by atoms with Crippen LogP contribution < -0.4 is 5.32 Å². The fourth-order valence-electron chi connectivity index (χ4n) is 1.67. The third kappa shape index (κ3) is 1.92. The van der Waals surface area contributed by atoms with Gasteiger partial charge in [-0.1, -0.05) is 23.3 Å². The van der Waals surface area contributed by atoms with Crippen LogP contribution in [0.5, 0.6) is 0 Å². The van der Waals surface area contributed by atoms with Crippen LogP contribution in [0.3, 0.4) is 0 Å². The molecule has 1 atom stereocenters. The van der Waals surface area contributed by atoms with Gasteiger partial charge in [0.15, 0.2) is 0 Å². The third-order valence-electron chi connectivity index (χ3n) is 2.46. The summed E-state index contributed by atoms with van der Waals surface area (Å²) in [6, 6.07) is 7.02. The lowest BCUT2D eigenvalue weighted by Gasteiger charge is -2.06. The molecule has 1 aliphatic heterocycles. The van der Waals surface area contributed by atoms with Crippen LogP contribution in [-0.2, 0) is 11.2 Å². The molecule has 0 bridgehead atoms. The summed E-state index contributed by atoms with van der Waals surface area (Å²) in [6.45, 7) is 0. The number of amides is 1. The molecule has 0 saturated carbocycles. The van der Waals surface area contributed by atoms with Gasteiger partial charge in [-0.25, -0.2) is 0 Å². The van der Waals surface area contributed by atoms with E-state index in [-0.39, 0.29) is 5.91 Å². The molecule has 1 aliphatic rings. The van der Waals surface area contributed by atoms with Crippen LogP contribution in [0.1, 0.15) is 12.0 Å². The van der Waals surface area contributed by atoms with Gasteiger partial charge >= 0.3 is 0 Å². The van der Waals surface area contributed by atoms with Gasteiger partial charge in [-0.2, -0.15) is 0 Å². The van der Waals surface area contributed by atoms with Crippen molar-refractivity contribution in [3.05, 3.63) is 40.3 Å². The fraction of sp³-hybridized carbons (Fsp3) is 0.300. The highest BCUT2D eigenvalue weighted by molar-refractivity contribution is 5.96. The van der Waals surface area contributed by atoms with Gasteiger partial charge in [-0.05, 0) is 30.0 Å².